The number of hydrogen-bond acceptors (Lipinski definition) is 4. The summed E-state index contributed by atoms with van der Waals surface area (Å²) in [6, 6.07) is 0. The fourth-order valence-corrected chi connectivity index (χ4v) is 3.23. The molecule has 2 aliphatic rings. The van der Waals surface area contributed by atoms with Crippen molar-refractivity contribution in [3.05, 3.63) is 11.6 Å². The van der Waals surface area contributed by atoms with Gasteiger partial charge in [0.1, 0.15) is 5.82 Å². The molecule has 1 aromatic rings. The molecule has 3 rings (SSSR count). The van der Waals surface area contributed by atoms with Gasteiger partial charge >= 0.3 is 0 Å². The molecule has 1 amide bonds. The summed E-state index contributed by atoms with van der Waals surface area (Å²) in [5, 5.41) is 9.97. The molecule has 116 valence electrons. The van der Waals surface area contributed by atoms with Crippen molar-refractivity contribution in [3.8, 4) is 0 Å². The van der Waals surface area contributed by atoms with E-state index in [-0.39, 0.29) is 17.3 Å². The summed E-state index contributed by atoms with van der Waals surface area (Å²) in [5.41, 5.74) is 0.0868. The van der Waals surface area contributed by atoms with Crippen molar-refractivity contribution < 1.29 is 4.79 Å². The molecule has 2 fully saturated rings. The van der Waals surface area contributed by atoms with Crippen molar-refractivity contribution in [1.82, 2.24) is 25.4 Å². The molecule has 0 aromatic carbocycles. The van der Waals surface area contributed by atoms with Gasteiger partial charge in [0.25, 0.3) is 5.91 Å². The number of amides is 1. The van der Waals surface area contributed by atoms with Crippen LogP contribution in [-0.4, -0.2) is 52.2 Å². The Morgan fingerprint density at radius 3 is 2.67 bits per heavy atom. The standard InChI is InChI=1S/C15H25N5O/c1-20(2)15(8-4-3-5-9-15)10-16-14(21)13-17-12(18-19-13)11-6-7-11/h11H,3-10H2,1-2H3,(H,16,21)(H,17,18,19). The van der Waals surface area contributed by atoms with Gasteiger partial charge in [-0.3, -0.25) is 9.89 Å². The summed E-state index contributed by atoms with van der Waals surface area (Å²) in [6.07, 6.45) is 8.36. The normalized spacial score (nSPS) is 21.5. The van der Waals surface area contributed by atoms with Gasteiger partial charge in [-0.25, -0.2) is 4.98 Å². The first-order valence-electron chi connectivity index (χ1n) is 7.99. The molecule has 1 heterocycles. The summed E-state index contributed by atoms with van der Waals surface area (Å²) in [5.74, 6) is 1.47. The smallest absolute Gasteiger partial charge is 0.291 e. The SMILES string of the molecule is CN(C)C1(CNC(=O)c2n[nH]c(C3CC3)n2)CCCCC1. The van der Waals surface area contributed by atoms with Gasteiger partial charge in [-0.1, -0.05) is 19.3 Å². The van der Waals surface area contributed by atoms with Gasteiger partial charge in [0, 0.05) is 18.0 Å². The Balaban J connectivity index is 1.60. The van der Waals surface area contributed by atoms with E-state index in [4.69, 9.17) is 0 Å². The van der Waals surface area contributed by atoms with Crippen LogP contribution < -0.4 is 5.32 Å². The Morgan fingerprint density at radius 2 is 2.05 bits per heavy atom. The van der Waals surface area contributed by atoms with Crippen molar-refractivity contribution in [2.24, 2.45) is 0 Å². The molecular weight excluding hydrogens is 266 g/mol. The Kier molecular flexibility index (Phi) is 3.97. The summed E-state index contributed by atoms with van der Waals surface area (Å²) in [7, 11) is 4.21. The second-order valence-electron chi connectivity index (χ2n) is 6.68. The van der Waals surface area contributed by atoms with E-state index < -0.39 is 0 Å². The first-order valence-corrected chi connectivity index (χ1v) is 7.99. The maximum absolute atomic E-state index is 12.2. The lowest BCUT2D eigenvalue weighted by Crippen LogP contribution is -2.53. The molecule has 0 spiro atoms. The van der Waals surface area contributed by atoms with Crippen LogP contribution in [0.5, 0.6) is 0 Å². The molecule has 21 heavy (non-hydrogen) atoms. The average Bonchev–Trinajstić information content (AvgIpc) is 3.23. The summed E-state index contributed by atoms with van der Waals surface area (Å²) in [4.78, 5) is 18.8. The van der Waals surface area contributed by atoms with Gasteiger partial charge in [-0.15, -0.1) is 5.10 Å². The zero-order valence-electron chi connectivity index (χ0n) is 13.0. The fraction of sp³-hybridized carbons (Fsp3) is 0.800. The fourth-order valence-electron chi connectivity index (χ4n) is 3.23. The highest BCUT2D eigenvalue weighted by molar-refractivity contribution is 5.90. The van der Waals surface area contributed by atoms with Crippen molar-refractivity contribution in [2.45, 2.75) is 56.4 Å². The van der Waals surface area contributed by atoms with Crippen LogP contribution in [0.1, 0.15) is 67.3 Å². The van der Waals surface area contributed by atoms with Gasteiger partial charge in [-0.2, -0.15) is 0 Å². The van der Waals surface area contributed by atoms with Crippen LogP contribution in [0, 0.1) is 0 Å². The zero-order valence-corrected chi connectivity index (χ0v) is 13.0. The minimum atomic E-state index is -0.162. The van der Waals surface area contributed by atoms with Gasteiger partial charge in [0.2, 0.25) is 5.82 Å². The molecule has 1 aromatic heterocycles. The number of nitrogens with zero attached hydrogens (tertiary/aromatic N) is 3. The van der Waals surface area contributed by atoms with Gasteiger partial charge < -0.3 is 10.2 Å². The third kappa shape index (κ3) is 3.10. The van der Waals surface area contributed by atoms with Crippen molar-refractivity contribution >= 4 is 5.91 Å². The van der Waals surface area contributed by atoms with E-state index in [1.165, 1.54) is 19.3 Å². The van der Waals surface area contributed by atoms with Gasteiger partial charge in [0.05, 0.1) is 0 Å². The maximum atomic E-state index is 12.2. The lowest BCUT2D eigenvalue weighted by Gasteiger charge is -2.43. The molecule has 0 saturated heterocycles. The first-order chi connectivity index (χ1) is 10.1. The monoisotopic (exact) mass is 291 g/mol. The van der Waals surface area contributed by atoms with Crippen LogP contribution in [0.25, 0.3) is 0 Å². The number of aromatic amines is 1. The third-order valence-electron chi connectivity index (χ3n) is 4.98. The van der Waals surface area contributed by atoms with E-state index in [1.54, 1.807) is 0 Å². The van der Waals surface area contributed by atoms with E-state index in [1.807, 2.05) is 0 Å². The molecule has 2 aliphatic carbocycles. The topological polar surface area (TPSA) is 73.9 Å². The van der Waals surface area contributed by atoms with Gasteiger partial charge in [0.15, 0.2) is 0 Å². The minimum Gasteiger partial charge on any atom is -0.347 e. The Morgan fingerprint density at radius 1 is 1.33 bits per heavy atom. The van der Waals surface area contributed by atoms with E-state index in [2.05, 4.69) is 39.5 Å². The lowest BCUT2D eigenvalue weighted by molar-refractivity contribution is 0.0792. The molecule has 0 aliphatic heterocycles. The van der Waals surface area contributed by atoms with Crippen LogP contribution in [0.15, 0.2) is 0 Å². The quantitative estimate of drug-likeness (QED) is 0.865. The van der Waals surface area contributed by atoms with E-state index in [0.29, 0.717) is 12.5 Å². The highest BCUT2D eigenvalue weighted by atomic mass is 16.2. The number of hydrogen-bond donors (Lipinski definition) is 2. The van der Waals surface area contributed by atoms with Crippen molar-refractivity contribution in [3.63, 3.8) is 0 Å². The predicted octanol–water partition coefficient (Wildman–Crippen LogP) is 1.68. The Bertz CT molecular complexity index is 500. The molecule has 0 unspecified atom stereocenters. The number of rotatable bonds is 5. The average molecular weight is 291 g/mol. The van der Waals surface area contributed by atoms with Crippen LogP contribution in [0.3, 0.4) is 0 Å². The van der Waals surface area contributed by atoms with Crippen molar-refractivity contribution in [2.75, 3.05) is 20.6 Å². The number of aromatic nitrogens is 3. The molecule has 0 atom stereocenters. The number of carbonyl (C=O) groups excluding carboxylic acids is 1. The second kappa shape index (κ2) is 5.75. The van der Waals surface area contributed by atoms with E-state index >= 15 is 0 Å². The van der Waals surface area contributed by atoms with Crippen LogP contribution in [0.4, 0.5) is 0 Å². The highest BCUT2D eigenvalue weighted by Gasteiger charge is 2.35. The lowest BCUT2D eigenvalue weighted by atomic mass is 9.80. The largest absolute Gasteiger partial charge is 0.347 e. The highest BCUT2D eigenvalue weighted by Crippen LogP contribution is 2.37. The van der Waals surface area contributed by atoms with Crippen LogP contribution in [0.2, 0.25) is 0 Å². The molecule has 0 radical (unpaired) electrons. The first kappa shape index (κ1) is 14.5. The Hall–Kier alpha value is -1.43. The summed E-state index contributed by atoms with van der Waals surface area (Å²) < 4.78 is 0. The predicted molar refractivity (Wildman–Crippen MR) is 80.2 cm³/mol. The maximum Gasteiger partial charge on any atom is 0.291 e. The number of H-pyrrole nitrogens is 1. The van der Waals surface area contributed by atoms with E-state index in [9.17, 15) is 4.79 Å². The number of nitrogens with one attached hydrogen (secondary N) is 2. The third-order valence-corrected chi connectivity index (χ3v) is 4.98. The molecule has 2 N–H and O–H groups in total. The Labute approximate surface area is 125 Å². The molecule has 0 bridgehead atoms. The van der Waals surface area contributed by atoms with Crippen LogP contribution in [-0.2, 0) is 0 Å². The van der Waals surface area contributed by atoms with Crippen molar-refractivity contribution in [1.29, 1.82) is 0 Å². The minimum absolute atomic E-state index is 0.0868. The van der Waals surface area contributed by atoms with E-state index in [0.717, 1.165) is 31.5 Å². The molecular formula is C15H25N5O. The summed E-state index contributed by atoms with van der Waals surface area (Å²) >= 11 is 0. The number of likely N-dealkylation sites (N-methyl/N-ethyl adjacent to an activating group) is 1. The molecule has 6 nitrogen and oxygen atoms in total. The van der Waals surface area contributed by atoms with Gasteiger partial charge in [-0.05, 0) is 39.8 Å². The number of carbonyl (C=O) groups is 1. The molecule has 6 heteroatoms. The second-order valence-corrected chi connectivity index (χ2v) is 6.68. The summed E-state index contributed by atoms with van der Waals surface area (Å²) in [6.45, 7) is 0.673. The molecule has 2 saturated carbocycles. The zero-order chi connectivity index (χ0) is 14.9. The van der Waals surface area contributed by atoms with Crippen LogP contribution >= 0.6 is 0 Å².